The van der Waals surface area contributed by atoms with Crippen LogP contribution in [0.15, 0.2) is 17.3 Å². The van der Waals surface area contributed by atoms with Crippen molar-refractivity contribution >= 4 is 6.21 Å². The fourth-order valence-electron chi connectivity index (χ4n) is 0.981. The Morgan fingerprint density at radius 2 is 2.20 bits per heavy atom. The van der Waals surface area contributed by atoms with Crippen LogP contribution in [0.4, 0.5) is 0 Å². The third kappa shape index (κ3) is 1.36. The van der Waals surface area contributed by atoms with Gasteiger partial charge in [-0.25, -0.2) is 0 Å². The highest BCUT2D eigenvalue weighted by atomic mass is 15.4. The molecule has 0 aromatic carbocycles. The Morgan fingerprint density at radius 1 is 1.50 bits per heavy atom. The van der Waals surface area contributed by atoms with Gasteiger partial charge in [-0.1, -0.05) is 0 Å². The Kier molecular flexibility index (Phi) is 2.06. The molecule has 0 saturated carbocycles. The summed E-state index contributed by atoms with van der Waals surface area (Å²) in [5, 5.41) is 0. The third-order valence-corrected chi connectivity index (χ3v) is 1.45. The molecule has 3 nitrogen and oxygen atoms in total. The second kappa shape index (κ2) is 2.84. The molecular weight excluding hydrogens is 126 g/mol. The van der Waals surface area contributed by atoms with Crippen molar-refractivity contribution in [3.63, 3.8) is 0 Å². The van der Waals surface area contributed by atoms with Crippen LogP contribution in [0, 0.1) is 0 Å². The average molecular weight is 139 g/mol. The van der Waals surface area contributed by atoms with Crippen LogP contribution in [-0.2, 0) is 0 Å². The minimum Gasteiger partial charge on any atom is -0.347 e. The Labute approximate surface area is 61.6 Å². The lowest BCUT2D eigenvalue weighted by atomic mass is 10.5. The van der Waals surface area contributed by atoms with Gasteiger partial charge >= 0.3 is 0 Å². The van der Waals surface area contributed by atoms with Crippen LogP contribution in [0.2, 0.25) is 0 Å². The topological polar surface area (TPSA) is 18.8 Å². The van der Waals surface area contributed by atoms with Crippen molar-refractivity contribution in [1.29, 1.82) is 0 Å². The molecule has 0 aromatic heterocycles. The molecule has 1 unspecified atom stereocenters. The van der Waals surface area contributed by atoms with Crippen molar-refractivity contribution in [2.75, 3.05) is 21.1 Å². The number of aliphatic imine (C=N–C) groups is 1. The maximum Gasteiger partial charge on any atom is 0.177 e. The van der Waals surface area contributed by atoms with Gasteiger partial charge in [0.2, 0.25) is 0 Å². The van der Waals surface area contributed by atoms with Gasteiger partial charge in [0.1, 0.15) is 0 Å². The Balaban J connectivity index is 2.61. The summed E-state index contributed by atoms with van der Waals surface area (Å²) in [5.74, 6) is 0. The van der Waals surface area contributed by atoms with Gasteiger partial charge in [-0.05, 0) is 20.2 Å². The number of allylic oxidation sites excluding steroid dienone is 1. The highest BCUT2D eigenvalue weighted by Crippen LogP contribution is 2.04. The molecule has 0 aromatic rings. The fraction of sp³-hybridized carbons (Fsp3) is 0.571. The van der Waals surface area contributed by atoms with E-state index in [9.17, 15) is 0 Å². The summed E-state index contributed by atoms with van der Waals surface area (Å²) in [6, 6.07) is 0. The minimum absolute atomic E-state index is 0.171. The lowest BCUT2D eigenvalue weighted by Gasteiger charge is -2.30. The smallest absolute Gasteiger partial charge is 0.177 e. The molecule has 0 amide bonds. The molecular formula is C7H13N3. The average Bonchev–Trinajstić information content (AvgIpc) is 1.88. The van der Waals surface area contributed by atoms with Gasteiger partial charge in [-0.2, -0.15) is 0 Å². The molecule has 1 aliphatic heterocycles. The van der Waals surface area contributed by atoms with E-state index in [4.69, 9.17) is 0 Å². The maximum atomic E-state index is 4.25. The van der Waals surface area contributed by atoms with Crippen molar-refractivity contribution in [2.45, 2.75) is 6.29 Å². The second-order valence-corrected chi connectivity index (χ2v) is 2.62. The first kappa shape index (κ1) is 7.28. The summed E-state index contributed by atoms with van der Waals surface area (Å²) in [7, 11) is 6.03. The Bertz CT molecular complexity index is 160. The number of rotatable bonds is 1. The standard InChI is InChI=1S/C7H13N3/c1-9(2)7-8-5-4-6-10(7)3/h4-7H,1-3H3. The predicted octanol–water partition coefficient (Wildman–Crippen LogP) is 0.361. The number of nitrogens with zero attached hydrogens (tertiary/aromatic N) is 3. The second-order valence-electron chi connectivity index (χ2n) is 2.62. The SMILES string of the molecule is CN(C)C1N=CC=CN1C. The van der Waals surface area contributed by atoms with Gasteiger partial charge in [0, 0.05) is 19.5 Å². The number of hydrogen-bond donors (Lipinski definition) is 0. The van der Waals surface area contributed by atoms with E-state index < -0.39 is 0 Å². The summed E-state index contributed by atoms with van der Waals surface area (Å²) in [6.07, 6.45) is 5.94. The van der Waals surface area contributed by atoms with E-state index in [1.807, 2.05) is 39.6 Å². The molecule has 56 valence electrons. The van der Waals surface area contributed by atoms with Crippen molar-refractivity contribution in [3.8, 4) is 0 Å². The molecule has 0 radical (unpaired) electrons. The molecule has 0 saturated heterocycles. The first-order valence-electron chi connectivity index (χ1n) is 3.30. The molecule has 10 heavy (non-hydrogen) atoms. The van der Waals surface area contributed by atoms with E-state index in [0.717, 1.165) is 0 Å². The quantitative estimate of drug-likeness (QED) is 0.522. The molecule has 1 atom stereocenters. The van der Waals surface area contributed by atoms with Crippen LogP contribution in [0.25, 0.3) is 0 Å². The third-order valence-electron chi connectivity index (χ3n) is 1.45. The molecule has 0 N–H and O–H groups in total. The summed E-state index contributed by atoms with van der Waals surface area (Å²) < 4.78 is 0. The molecule has 1 heterocycles. The first-order chi connectivity index (χ1) is 4.72. The van der Waals surface area contributed by atoms with E-state index in [-0.39, 0.29) is 6.29 Å². The zero-order valence-corrected chi connectivity index (χ0v) is 6.65. The van der Waals surface area contributed by atoms with Crippen molar-refractivity contribution < 1.29 is 0 Å². The lowest BCUT2D eigenvalue weighted by Crippen LogP contribution is -2.39. The van der Waals surface area contributed by atoms with Crippen LogP contribution in [0.5, 0.6) is 0 Å². The normalized spacial score (nSPS) is 24.4. The molecule has 0 fully saturated rings. The van der Waals surface area contributed by atoms with Crippen LogP contribution < -0.4 is 0 Å². The van der Waals surface area contributed by atoms with Crippen molar-refractivity contribution in [3.05, 3.63) is 12.3 Å². The summed E-state index contributed by atoms with van der Waals surface area (Å²) in [5.41, 5.74) is 0. The van der Waals surface area contributed by atoms with Gasteiger partial charge in [-0.3, -0.25) is 9.89 Å². The highest BCUT2D eigenvalue weighted by molar-refractivity contribution is 5.71. The summed E-state index contributed by atoms with van der Waals surface area (Å²) >= 11 is 0. The molecule has 1 aliphatic rings. The van der Waals surface area contributed by atoms with Gasteiger partial charge < -0.3 is 4.90 Å². The Morgan fingerprint density at radius 3 is 2.60 bits per heavy atom. The van der Waals surface area contributed by atoms with E-state index in [1.165, 1.54) is 0 Å². The van der Waals surface area contributed by atoms with Crippen LogP contribution in [0.1, 0.15) is 0 Å². The monoisotopic (exact) mass is 139 g/mol. The van der Waals surface area contributed by atoms with E-state index >= 15 is 0 Å². The predicted molar refractivity (Wildman–Crippen MR) is 42.9 cm³/mol. The Hall–Kier alpha value is -0.830. The minimum atomic E-state index is 0.171. The molecule has 0 spiro atoms. The van der Waals surface area contributed by atoms with Gasteiger partial charge in [0.25, 0.3) is 0 Å². The zero-order chi connectivity index (χ0) is 7.56. The van der Waals surface area contributed by atoms with Gasteiger partial charge in [0.15, 0.2) is 6.29 Å². The van der Waals surface area contributed by atoms with E-state index in [2.05, 4.69) is 14.8 Å². The number of hydrogen-bond acceptors (Lipinski definition) is 3. The first-order valence-corrected chi connectivity index (χ1v) is 3.30. The summed E-state index contributed by atoms with van der Waals surface area (Å²) in [4.78, 5) is 8.36. The molecule has 3 heteroatoms. The van der Waals surface area contributed by atoms with Crippen LogP contribution in [0.3, 0.4) is 0 Å². The van der Waals surface area contributed by atoms with E-state index in [0.29, 0.717) is 0 Å². The van der Waals surface area contributed by atoms with Gasteiger partial charge in [-0.15, -0.1) is 0 Å². The lowest BCUT2D eigenvalue weighted by molar-refractivity contribution is 0.155. The summed E-state index contributed by atoms with van der Waals surface area (Å²) in [6.45, 7) is 0. The fourth-order valence-corrected chi connectivity index (χ4v) is 0.981. The molecule has 1 rings (SSSR count). The maximum absolute atomic E-state index is 4.25. The zero-order valence-electron chi connectivity index (χ0n) is 6.65. The van der Waals surface area contributed by atoms with Crippen molar-refractivity contribution in [2.24, 2.45) is 4.99 Å². The molecule has 0 aliphatic carbocycles. The van der Waals surface area contributed by atoms with Crippen LogP contribution >= 0.6 is 0 Å². The highest BCUT2D eigenvalue weighted by Gasteiger charge is 2.12. The van der Waals surface area contributed by atoms with Gasteiger partial charge in [0.05, 0.1) is 0 Å². The molecule has 0 bridgehead atoms. The van der Waals surface area contributed by atoms with E-state index in [1.54, 1.807) is 0 Å². The largest absolute Gasteiger partial charge is 0.347 e. The van der Waals surface area contributed by atoms with Crippen LogP contribution in [-0.4, -0.2) is 43.4 Å². The van der Waals surface area contributed by atoms with Crippen molar-refractivity contribution in [1.82, 2.24) is 9.80 Å².